The van der Waals surface area contributed by atoms with Crippen molar-refractivity contribution < 1.29 is 17.5 Å². The maximum Gasteiger partial charge on any atom is 0.216 e. The number of hydrogen-bond acceptors (Lipinski definition) is 4. The monoisotopic (exact) mass is 345 g/mol. The molecule has 0 spiro atoms. The lowest BCUT2D eigenvalue weighted by Crippen LogP contribution is -2.03. The fourth-order valence-electron chi connectivity index (χ4n) is 1.94. The van der Waals surface area contributed by atoms with E-state index in [2.05, 4.69) is 0 Å². The average molecular weight is 345 g/mol. The fraction of sp³-hybridized carbons (Fsp3) is 0.167. The summed E-state index contributed by atoms with van der Waals surface area (Å²) in [5, 5.41) is 9.21. The Morgan fingerprint density at radius 1 is 1.17 bits per heavy atom. The summed E-state index contributed by atoms with van der Waals surface area (Å²) in [6, 6.07) is 12.8. The van der Waals surface area contributed by atoms with E-state index in [1.54, 1.807) is 30.3 Å². The number of nitriles is 1. The molecule has 0 fully saturated rings. The van der Waals surface area contributed by atoms with Gasteiger partial charge in [0, 0.05) is 0 Å². The van der Waals surface area contributed by atoms with Gasteiger partial charge in [-0.1, -0.05) is 19.1 Å². The van der Waals surface area contributed by atoms with Gasteiger partial charge in [-0.2, -0.15) is 5.26 Å². The second kappa shape index (κ2) is 7.75. The Morgan fingerprint density at radius 3 is 2.33 bits per heavy atom. The number of rotatable bonds is 6. The average Bonchev–Trinajstić information content (AvgIpc) is 2.59. The Kier molecular flexibility index (Phi) is 5.72. The fourth-order valence-corrected chi connectivity index (χ4v) is 3.10. The largest absolute Gasteiger partial charge is 0.494 e. The van der Waals surface area contributed by atoms with E-state index in [0.717, 1.165) is 30.7 Å². The van der Waals surface area contributed by atoms with Gasteiger partial charge in [-0.3, -0.25) is 0 Å². The molecule has 2 rings (SSSR count). The molecule has 0 heterocycles. The summed E-state index contributed by atoms with van der Waals surface area (Å²) in [5.41, 5.74) is 0.557. The maximum atomic E-state index is 12.9. The molecular weight excluding hydrogens is 329 g/mol. The Bertz CT molecular complexity index is 864. The quantitative estimate of drug-likeness (QED) is 0.587. The first-order valence-corrected chi connectivity index (χ1v) is 8.81. The van der Waals surface area contributed by atoms with Gasteiger partial charge in [-0.15, -0.1) is 0 Å². The van der Waals surface area contributed by atoms with E-state index in [0.29, 0.717) is 17.9 Å². The Balaban J connectivity index is 2.31. The molecule has 124 valence electrons. The Hall–Kier alpha value is -2.65. The second-order valence-corrected chi connectivity index (χ2v) is 6.91. The summed E-state index contributed by atoms with van der Waals surface area (Å²) in [6.07, 6.45) is 2.17. The van der Waals surface area contributed by atoms with Crippen molar-refractivity contribution in [1.29, 1.82) is 5.26 Å². The molecule has 0 amide bonds. The van der Waals surface area contributed by atoms with Crippen LogP contribution in [0.5, 0.6) is 5.75 Å². The van der Waals surface area contributed by atoms with Crippen molar-refractivity contribution in [2.75, 3.05) is 6.61 Å². The normalized spacial score (nSPS) is 11.8. The van der Waals surface area contributed by atoms with Gasteiger partial charge in [0.25, 0.3) is 0 Å². The van der Waals surface area contributed by atoms with E-state index in [9.17, 15) is 18.1 Å². The van der Waals surface area contributed by atoms with Crippen LogP contribution in [0.2, 0.25) is 0 Å². The van der Waals surface area contributed by atoms with Crippen molar-refractivity contribution in [3.8, 4) is 11.8 Å². The molecule has 0 aromatic heterocycles. The van der Waals surface area contributed by atoms with Crippen molar-refractivity contribution in [3.05, 3.63) is 64.8 Å². The van der Waals surface area contributed by atoms with Gasteiger partial charge in [0.15, 0.2) is 0 Å². The molecule has 0 aliphatic rings. The molecule has 24 heavy (non-hydrogen) atoms. The van der Waals surface area contributed by atoms with Gasteiger partial charge < -0.3 is 4.74 Å². The molecule has 2 aromatic carbocycles. The van der Waals surface area contributed by atoms with Crippen LogP contribution < -0.4 is 4.74 Å². The predicted molar refractivity (Wildman–Crippen MR) is 89.4 cm³/mol. The Labute approximate surface area is 140 Å². The zero-order chi connectivity index (χ0) is 17.6. The lowest BCUT2D eigenvalue weighted by atomic mass is 10.2. The molecular formula is C18H16FNO3S. The predicted octanol–water partition coefficient (Wildman–Crippen LogP) is 3.95. The SMILES string of the molecule is CCCOc1ccc(/C=C(\C#N)S(=O)(=O)c2ccc(F)cc2)cc1. The third-order valence-electron chi connectivity index (χ3n) is 3.17. The van der Waals surface area contributed by atoms with E-state index < -0.39 is 20.6 Å². The lowest BCUT2D eigenvalue weighted by molar-refractivity contribution is 0.317. The number of hydrogen-bond donors (Lipinski definition) is 0. The van der Waals surface area contributed by atoms with Crippen LogP contribution in [0.25, 0.3) is 6.08 Å². The molecule has 0 saturated heterocycles. The molecule has 4 nitrogen and oxygen atoms in total. The summed E-state index contributed by atoms with van der Waals surface area (Å²) in [5.74, 6) is 0.132. The highest BCUT2D eigenvalue weighted by atomic mass is 32.2. The van der Waals surface area contributed by atoms with Crippen LogP contribution in [-0.4, -0.2) is 15.0 Å². The van der Waals surface area contributed by atoms with Crippen LogP contribution >= 0.6 is 0 Å². The Morgan fingerprint density at radius 2 is 1.79 bits per heavy atom. The zero-order valence-electron chi connectivity index (χ0n) is 13.1. The first kappa shape index (κ1) is 17.7. The second-order valence-electron chi connectivity index (χ2n) is 5.00. The molecule has 0 aliphatic carbocycles. The van der Waals surface area contributed by atoms with E-state index in [-0.39, 0.29) is 4.90 Å². The molecule has 2 aromatic rings. The minimum absolute atomic E-state index is 0.125. The number of benzene rings is 2. The van der Waals surface area contributed by atoms with E-state index in [1.807, 2.05) is 6.92 Å². The first-order valence-electron chi connectivity index (χ1n) is 7.32. The van der Waals surface area contributed by atoms with E-state index in [1.165, 1.54) is 6.08 Å². The van der Waals surface area contributed by atoms with Crippen LogP contribution in [0.3, 0.4) is 0 Å². The molecule has 0 radical (unpaired) electrons. The van der Waals surface area contributed by atoms with Crippen LogP contribution in [0.15, 0.2) is 58.3 Å². The highest BCUT2D eigenvalue weighted by molar-refractivity contribution is 7.95. The standard InChI is InChI=1S/C18H16FNO3S/c1-2-11-23-16-7-3-14(4-8-16)12-18(13-20)24(21,22)17-9-5-15(19)6-10-17/h3-10,12H,2,11H2,1H3/b18-12+. The van der Waals surface area contributed by atoms with Crippen molar-refractivity contribution in [3.63, 3.8) is 0 Å². The van der Waals surface area contributed by atoms with E-state index >= 15 is 0 Å². The number of allylic oxidation sites excluding steroid dienone is 1. The van der Waals surface area contributed by atoms with Crippen LogP contribution in [0.1, 0.15) is 18.9 Å². The summed E-state index contributed by atoms with van der Waals surface area (Å²) >= 11 is 0. The van der Waals surface area contributed by atoms with Crippen LogP contribution in [0, 0.1) is 17.1 Å². The number of ether oxygens (including phenoxy) is 1. The van der Waals surface area contributed by atoms with Crippen molar-refractivity contribution >= 4 is 15.9 Å². The van der Waals surface area contributed by atoms with Gasteiger partial charge in [0.05, 0.1) is 11.5 Å². The smallest absolute Gasteiger partial charge is 0.216 e. The van der Waals surface area contributed by atoms with Crippen molar-refractivity contribution in [2.45, 2.75) is 18.2 Å². The number of sulfone groups is 1. The minimum Gasteiger partial charge on any atom is -0.494 e. The zero-order valence-corrected chi connectivity index (χ0v) is 13.9. The molecule has 0 aliphatic heterocycles. The third kappa shape index (κ3) is 4.21. The van der Waals surface area contributed by atoms with Gasteiger partial charge >= 0.3 is 0 Å². The molecule has 0 unspecified atom stereocenters. The number of nitrogens with zero attached hydrogens (tertiary/aromatic N) is 1. The van der Waals surface area contributed by atoms with Gasteiger partial charge in [-0.05, 0) is 54.5 Å². The van der Waals surface area contributed by atoms with Gasteiger partial charge in [0.2, 0.25) is 9.84 Å². The topological polar surface area (TPSA) is 67.2 Å². The van der Waals surface area contributed by atoms with Crippen molar-refractivity contribution in [1.82, 2.24) is 0 Å². The highest BCUT2D eigenvalue weighted by Gasteiger charge is 2.20. The molecule has 0 atom stereocenters. The van der Waals surface area contributed by atoms with Crippen molar-refractivity contribution in [2.24, 2.45) is 0 Å². The first-order chi connectivity index (χ1) is 11.5. The molecule has 0 N–H and O–H groups in total. The van der Waals surface area contributed by atoms with Gasteiger partial charge in [-0.25, -0.2) is 12.8 Å². The molecule has 0 bridgehead atoms. The third-order valence-corrected chi connectivity index (χ3v) is 4.86. The lowest BCUT2D eigenvalue weighted by Gasteiger charge is -2.05. The van der Waals surface area contributed by atoms with Crippen LogP contribution in [0.4, 0.5) is 4.39 Å². The molecule has 6 heteroatoms. The number of halogens is 1. The minimum atomic E-state index is -3.99. The summed E-state index contributed by atoms with van der Waals surface area (Å²) < 4.78 is 43.3. The summed E-state index contributed by atoms with van der Waals surface area (Å²) in [4.78, 5) is -0.532. The summed E-state index contributed by atoms with van der Waals surface area (Å²) in [7, 11) is -3.99. The highest BCUT2D eigenvalue weighted by Crippen LogP contribution is 2.22. The van der Waals surface area contributed by atoms with E-state index in [4.69, 9.17) is 4.74 Å². The summed E-state index contributed by atoms with van der Waals surface area (Å²) in [6.45, 7) is 2.59. The van der Waals surface area contributed by atoms with Gasteiger partial charge in [0.1, 0.15) is 22.5 Å². The maximum absolute atomic E-state index is 12.9. The molecule has 0 saturated carbocycles. The van der Waals surface area contributed by atoms with Crippen LogP contribution in [-0.2, 0) is 9.84 Å².